The number of nitrogens with zero attached hydrogens (tertiary/aromatic N) is 5. The Morgan fingerprint density at radius 1 is 0.919 bits per heavy atom. The molecule has 12 nitrogen and oxygen atoms in total. The first kappa shape index (κ1) is 26.2. The Kier molecular flexibility index (Phi) is 8.09. The fourth-order valence-electron chi connectivity index (χ4n) is 4.32. The number of nitrogens with one attached hydrogen (secondary N) is 3. The van der Waals surface area contributed by atoms with Gasteiger partial charge in [0.25, 0.3) is 5.91 Å². The fraction of sp³-hybridized carbons (Fsp3) is 0.440. The van der Waals surface area contributed by atoms with Crippen molar-refractivity contribution >= 4 is 34.7 Å². The average Bonchev–Trinajstić information content (AvgIpc) is 3.20. The van der Waals surface area contributed by atoms with Crippen LogP contribution in [0.1, 0.15) is 11.1 Å². The molecule has 0 saturated heterocycles. The van der Waals surface area contributed by atoms with Crippen LogP contribution < -0.4 is 25.4 Å². The van der Waals surface area contributed by atoms with Crippen LogP contribution in [0.3, 0.4) is 0 Å². The number of likely N-dealkylation sites (N-methyl/N-ethyl adjacent to an activating group) is 3. The summed E-state index contributed by atoms with van der Waals surface area (Å²) in [6.45, 7) is 3.37. The van der Waals surface area contributed by atoms with Gasteiger partial charge in [-0.3, -0.25) is 14.5 Å². The van der Waals surface area contributed by atoms with Crippen LogP contribution in [0.5, 0.6) is 11.5 Å². The Balaban J connectivity index is 1.73. The van der Waals surface area contributed by atoms with Crippen molar-refractivity contribution in [3.63, 3.8) is 0 Å². The van der Waals surface area contributed by atoms with Crippen molar-refractivity contribution in [2.45, 2.75) is 6.54 Å². The van der Waals surface area contributed by atoms with E-state index in [0.717, 1.165) is 18.7 Å². The number of fused-ring (bicyclic) bond motifs is 2. The molecular formula is C25H34N8O4. The molecule has 0 radical (unpaired) electrons. The van der Waals surface area contributed by atoms with E-state index in [0.29, 0.717) is 59.6 Å². The summed E-state index contributed by atoms with van der Waals surface area (Å²) in [4.78, 5) is 40.1. The third-order valence-corrected chi connectivity index (χ3v) is 6.41. The normalized spacial score (nSPS) is 19.3. The minimum atomic E-state index is -0.268. The molecule has 2 aliphatic rings. The van der Waals surface area contributed by atoms with Crippen LogP contribution in [0.15, 0.2) is 24.7 Å². The molecule has 2 aromatic rings. The highest BCUT2D eigenvalue weighted by Gasteiger charge is 2.29. The van der Waals surface area contributed by atoms with E-state index in [1.165, 1.54) is 6.33 Å². The Hall–Kier alpha value is -3.90. The van der Waals surface area contributed by atoms with Crippen LogP contribution in [0.2, 0.25) is 0 Å². The van der Waals surface area contributed by atoms with Crippen molar-refractivity contribution in [1.29, 1.82) is 0 Å². The van der Waals surface area contributed by atoms with Gasteiger partial charge in [0.2, 0.25) is 5.91 Å². The minimum Gasteiger partial charge on any atom is -0.493 e. The molecule has 3 heterocycles. The molecule has 2 bridgehead atoms. The SMILES string of the molecule is COc1cc2cc(c1OC)CN(C)CC(=O)N(C)CCN(C)CCNc1ncnc3c1/C(=C/N2)C(=O)N3. The lowest BCUT2D eigenvalue weighted by Gasteiger charge is -2.25. The molecular weight excluding hydrogens is 476 g/mol. The van der Waals surface area contributed by atoms with E-state index in [-0.39, 0.29) is 18.4 Å². The third kappa shape index (κ3) is 5.92. The molecule has 0 spiro atoms. The fourth-order valence-corrected chi connectivity index (χ4v) is 4.32. The van der Waals surface area contributed by atoms with Gasteiger partial charge in [-0.05, 0) is 20.2 Å². The van der Waals surface area contributed by atoms with Gasteiger partial charge in [-0.1, -0.05) is 0 Å². The molecule has 0 aliphatic carbocycles. The Morgan fingerprint density at radius 3 is 2.46 bits per heavy atom. The lowest BCUT2D eigenvalue weighted by molar-refractivity contribution is -0.131. The van der Waals surface area contributed by atoms with Crippen LogP contribution >= 0.6 is 0 Å². The summed E-state index contributed by atoms with van der Waals surface area (Å²) in [5, 5.41) is 9.36. The van der Waals surface area contributed by atoms with E-state index in [2.05, 4.69) is 30.8 Å². The predicted molar refractivity (Wildman–Crippen MR) is 142 cm³/mol. The van der Waals surface area contributed by atoms with E-state index in [4.69, 9.17) is 9.47 Å². The first-order valence-corrected chi connectivity index (χ1v) is 12.0. The van der Waals surface area contributed by atoms with Gasteiger partial charge in [0, 0.05) is 63.3 Å². The summed E-state index contributed by atoms with van der Waals surface area (Å²) < 4.78 is 11.2. The van der Waals surface area contributed by atoms with Crippen LogP contribution in [-0.4, -0.2) is 105 Å². The third-order valence-electron chi connectivity index (χ3n) is 6.41. The molecule has 198 valence electrons. The van der Waals surface area contributed by atoms with Crippen LogP contribution in [0.4, 0.5) is 17.3 Å². The zero-order chi connectivity index (χ0) is 26.5. The molecule has 2 aliphatic heterocycles. The molecule has 1 aromatic carbocycles. The monoisotopic (exact) mass is 510 g/mol. The number of benzene rings is 1. The van der Waals surface area contributed by atoms with Gasteiger partial charge >= 0.3 is 0 Å². The number of ether oxygens (including phenoxy) is 2. The van der Waals surface area contributed by atoms with Crippen LogP contribution in [0, 0.1) is 0 Å². The maximum Gasteiger partial charge on any atom is 0.259 e. The smallest absolute Gasteiger partial charge is 0.259 e. The molecule has 2 amide bonds. The second-order valence-corrected chi connectivity index (χ2v) is 9.19. The maximum absolute atomic E-state index is 12.8. The highest BCUT2D eigenvalue weighted by Crippen LogP contribution is 2.37. The maximum atomic E-state index is 12.8. The lowest BCUT2D eigenvalue weighted by atomic mass is 10.1. The summed E-state index contributed by atoms with van der Waals surface area (Å²) >= 11 is 0. The van der Waals surface area contributed by atoms with Gasteiger partial charge in [-0.15, -0.1) is 0 Å². The van der Waals surface area contributed by atoms with E-state index in [1.54, 1.807) is 31.4 Å². The Morgan fingerprint density at radius 2 is 1.70 bits per heavy atom. The molecule has 4 rings (SSSR count). The molecule has 0 saturated carbocycles. The molecule has 3 N–H and O–H groups in total. The summed E-state index contributed by atoms with van der Waals surface area (Å²) in [6.07, 6.45) is 3.07. The molecule has 0 unspecified atom stereocenters. The van der Waals surface area contributed by atoms with Crippen LogP contribution in [0.25, 0.3) is 5.57 Å². The molecule has 0 fully saturated rings. The quantitative estimate of drug-likeness (QED) is 0.542. The zero-order valence-corrected chi connectivity index (χ0v) is 21.9. The van der Waals surface area contributed by atoms with Crippen molar-refractivity contribution in [3.05, 3.63) is 35.8 Å². The summed E-state index contributed by atoms with van der Waals surface area (Å²) in [5.41, 5.74) is 2.57. The first-order valence-electron chi connectivity index (χ1n) is 12.0. The number of carbonyl (C=O) groups excluding carboxylic acids is 2. The molecule has 0 atom stereocenters. The number of aromatic nitrogens is 2. The van der Waals surface area contributed by atoms with E-state index < -0.39 is 0 Å². The number of anilines is 3. The highest BCUT2D eigenvalue weighted by atomic mass is 16.5. The number of carbonyl (C=O) groups is 2. The standard InChI is InChI=1S/C25H34N8O4/c1-31-7-6-26-23-21-18(25(35)30-24(21)29-15-28-23)12-27-17-10-16(22(37-5)19(11-17)36-4)13-32(2)14-20(34)33(3)9-8-31/h10-12,15,27H,6-9,13-14H2,1-5H3,(H2,26,28,29,30,35)/b18-12-. The molecule has 37 heavy (non-hydrogen) atoms. The zero-order valence-electron chi connectivity index (χ0n) is 21.9. The van der Waals surface area contributed by atoms with Crippen LogP contribution in [-0.2, 0) is 16.1 Å². The largest absolute Gasteiger partial charge is 0.493 e. The summed E-state index contributed by atoms with van der Waals surface area (Å²) in [6, 6.07) is 3.71. The predicted octanol–water partition coefficient (Wildman–Crippen LogP) is 1.15. The van der Waals surface area contributed by atoms with E-state index >= 15 is 0 Å². The van der Waals surface area contributed by atoms with E-state index in [9.17, 15) is 9.59 Å². The van der Waals surface area contributed by atoms with Gasteiger partial charge in [-0.25, -0.2) is 9.97 Å². The second-order valence-electron chi connectivity index (χ2n) is 9.19. The van der Waals surface area contributed by atoms with Crippen molar-refractivity contribution in [1.82, 2.24) is 24.7 Å². The second kappa shape index (κ2) is 11.4. The summed E-state index contributed by atoms with van der Waals surface area (Å²) in [5.74, 6) is 1.93. The van der Waals surface area contributed by atoms with Crippen molar-refractivity contribution in [3.8, 4) is 11.5 Å². The van der Waals surface area contributed by atoms with Gasteiger partial charge in [-0.2, -0.15) is 0 Å². The Bertz CT molecular complexity index is 1200. The average molecular weight is 511 g/mol. The number of hydrogen-bond acceptors (Lipinski definition) is 10. The number of methoxy groups -OCH3 is 2. The number of hydrogen-bond donors (Lipinski definition) is 3. The van der Waals surface area contributed by atoms with Crippen molar-refractivity contribution < 1.29 is 19.1 Å². The topological polar surface area (TPSA) is 124 Å². The lowest BCUT2D eigenvalue weighted by Crippen LogP contribution is -2.40. The Labute approximate surface area is 216 Å². The van der Waals surface area contributed by atoms with Crippen molar-refractivity contribution in [2.75, 3.05) is 84.0 Å². The first-order chi connectivity index (χ1) is 17.8. The van der Waals surface area contributed by atoms with Gasteiger partial charge in [0.05, 0.1) is 31.9 Å². The highest BCUT2D eigenvalue weighted by molar-refractivity contribution is 6.32. The van der Waals surface area contributed by atoms with Crippen molar-refractivity contribution in [2.24, 2.45) is 0 Å². The number of rotatable bonds is 2. The number of amides is 2. The summed E-state index contributed by atoms with van der Waals surface area (Å²) in [7, 11) is 8.87. The van der Waals surface area contributed by atoms with Gasteiger partial charge in [0.15, 0.2) is 11.5 Å². The molecule has 1 aromatic heterocycles. The van der Waals surface area contributed by atoms with Gasteiger partial charge < -0.3 is 35.2 Å². The molecule has 12 heteroatoms. The van der Waals surface area contributed by atoms with E-state index in [1.807, 2.05) is 32.1 Å². The minimum absolute atomic E-state index is 0.0334. The van der Waals surface area contributed by atoms with Gasteiger partial charge in [0.1, 0.15) is 18.0 Å².